The third-order valence-electron chi connectivity index (χ3n) is 6.46. The first-order valence-corrected chi connectivity index (χ1v) is 15.0. The standard InChI is InChI=1S/C15H23NO2.C14H19NO.C4H9O.2CO2.K/c1-4-10-16(13(2)11-15(17)18-3)12-14-8-6-5-7-9-14;1-11-9-15(12(2)8-14(11)16)10-13-6-4-3-5-7-13;1-4(2,3)5;2*2-1-3;/h5-9,13H,4,10-12H2,1-3H3;3-7,11-12H,8-10H2,1-2H3;1-3H3;;;/q;;-1;;;+1. The summed E-state index contributed by atoms with van der Waals surface area (Å²) in [5, 5.41) is 10.1. The molecule has 3 unspecified atom stereocenters. The minimum absolute atomic E-state index is 0. The van der Waals surface area contributed by atoms with Crippen molar-refractivity contribution in [1.29, 1.82) is 0 Å². The molecule has 10 nitrogen and oxygen atoms in total. The maximum absolute atomic E-state index is 11.6. The SMILES string of the molecule is CC(C)(C)[O-].CC1CN(Cc2ccccc2)C(C)CC1=O.CCCN(Cc1ccccc1)C(C)CC(=O)OC.O=C=O.O=C=O.[K+]. The number of ketones is 1. The van der Waals surface area contributed by atoms with Crippen LogP contribution in [0.4, 0.5) is 0 Å². The van der Waals surface area contributed by atoms with Gasteiger partial charge in [-0.1, -0.05) is 95.3 Å². The number of nitrogens with zero attached hydrogens (tertiary/aromatic N) is 2. The zero-order valence-electron chi connectivity index (χ0n) is 29.1. The van der Waals surface area contributed by atoms with E-state index in [1.165, 1.54) is 18.2 Å². The van der Waals surface area contributed by atoms with Crippen molar-refractivity contribution in [2.45, 2.75) is 98.5 Å². The van der Waals surface area contributed by atoms with Crippen LogP contribution in [-0.4, -0.2) is 71.7 Å². The number of esters is 1. The van der Waals surface area contributed by atoms with Crippen LogP contribution in [0.5, 0.6) is 0 Å². The van der Waals surface area contributed by atoms with Crippen molar-refractivity contribution in [1.82, 2.24) is 9.80 Å². The largest absolute Gasteiger partial charge is 1.00 e. The predicted molar refractivity (Wildman–Crippen MR) is 168 cm³/mol. The summed E-state index contributed by atoms with van der Waals surface area (Å²) in [5.74, 6) is 0.466. The monoisotopic (exact) mass is 666 g/mol. The van der Waals surface area contributed by atoms with Gasteiger partial charge in [-0.15, -0.1) is 5.60 Å². The molecule has 0 amide bonds. The van der Waals surface area contributed by atoms with Gasteiger partial charge in [0.2, 0.25) is 0 Å². The fourth-order valence-electron chi connectivity index (χ4n) is 4.31. The average molecular weight is 667 g/mol. The Morgan fingerprint density at radius 2 is 1.41 bits per heavy atom. The minimum atomic E-state index is -0.750. The summed E-state index contributed by atoms with van der Waals surface area (Å²) in [5.41, 5.74) is 1.86. The Balaban J connectivity index is -0.000000602. The van der Waals surface area contributed by atoms with E-state index < -0.39 is 5.60 Å². The van der Waals surface area contributed by atoms with Gasteiger partial charge < -0.3 is 9.84 Å². The Labute approximate surface area is 317 Å². The van der Waals surface area contributed by atoms with Gasteiger partial charge in [-0.3, -0.25) is 19.4 Å². The van der Waals surface area contributed by atoms with Gasteiger partial charge in [-0.2, -0.15) is 19.2 Å². The molecule has 11 heteroatoms. The van der Waals surface area contributed by atoms with Crippen LogP contribution < -0.4 is 56.5 Å². The third-order valence-corrected chi connectivity index (χ3v) is 6.46. The van der Waals surface area contributed by atoms with Gasteiger partial charge in [0.1, 0.15) is 5.78 Å². The van der Waals surface area contributed by atoms with Crippen molar-refractivity contribution in [3.63, 3.8) is 0 Å². The smallest absolute Gasteiger partial charge is 0.850 e. The van der Waals surface area contributed by atoms with E-state index in [2.05, 4.69) is 67.0 Å². The molecular formula is C35H51KN2O8. The van der Waals surface area contributed by atoms with Gasteiger partial charge >= 0.3 is 69.7 Å². The number of carbonyl (C=O) groups excluding carboxylic acids is 6. The topological polar surface area (TPSA) is 141 Å². The maximum atomic E-state index is 11.6. The third kappa shape index (κ3) is 27.0. The van der Waals surface area contributed by atoms with Crippen LogP contribution in [0.25, 0.3) is 0 Å². The molecule has 0 radical (unpaired) electrons. The molecule has 1 heterocycles. The molecule has 0 saturated carbocycles. The van der Waals surface area contributed by atoms with E-state index in [-0.39, 0.29) is 81.6 Å². The fourth-order valence-corrected chi connectivity index (χ4v) is 4.31. The molecule has 2 aromatic carbocycles. The number of likely N-dealkylation sites (tertiary alicyclic amines) is 1. The molecule has 3 rings (SSSR count). The van der Waals surface area contributed by atoms with E-state index in [1.807, 2.05) is 31.2 Å². The van der Waals surface area contributed by atoms with Crippen molar-refractivity contribution in [2.24, 2.45) is 5.92 Å². The summed E-state index contributed by atoms with van der Waals surface area (Å²) in [6, 6.07) is 21.4. The molecule has 46 heavy (non-hydrogen) atoms. The van der Waals surface area contributed by atoms with E-state index in [4.69, 9.17) is 23.9 Å². The van der Waals surface area contributed by atoms with E-state index in [0.29, 0.717) is 24.7 Å². The average Bonchev–Trinajstić information content (AvgIpc) is 2.97. The number of rotatable bonds is 9. The van der Waals surface area contributed by atoms with E-state index in [9.17, 15) is 14.7 Å². The van der Waals surface area contributed by atoms with Gasteiger partial charge in [0, 0.05) is 44.1 Å². The summed E-state index contributed by atoms with van der Waals surface area (Å²) in [4.78, 5) is 60.1. The molecule has 2 aromatic rings. The molecule has 1 fully saturated rings. The second kappa shape index (κ2) is 29.0. The second-order valence-corrected chi connectivity index (χ2v) is 11.7. The molecule has 1 saturated heterocycles. The Morgan fingerprint density at radius 3 is 1.83 bits per heavy atom. The molecule has 1 aliphatic rings. The van der Waals surface area contributed by atoms with Gasteiger partial charge in [0.15, 0.2) is 0 Å². The van der Waals surface area contributed by atoms with Gasteiger partial charge in [-0.05, 0) is 37.9 Å². The Bertz CT molecular complexity index is 1110. The molecular weight excluding hydrogens is 615 g/mol. The molecule has 0 N–H and O–H groups in total. The second-order valence-electron chi connectivity index (χ2n) is 11.7. The molecule has 0 bridgehead atoms. The van der Waals surface area contributed by atoms with E-state index >= 15 is 0 Å². The molecule has 0 aromatic heterocycles. The predicted octanol–water partition coefficient (Wildman–Crippen LogP) is 1.32. The molecule has 3 atom stereocenters. The summed E-state index contributed by atoms with van der Waals surface area (Å²) < 4.78 is 4.73. The van der Waals surface area contributed by atoms with Crippen LogP contribution in [-0.2, 0) is 46.6 Å². The summed E-state index contributed by atoms with van der Waals surface area (Å²) in [6.07, 6.45) is 2.73. The maximum Gasteiger partial charge on any atom is 1.00 e. The quantitative estimate of drug-likeness (QED) is 0.284. The summed E-state index contributed by atoms with van der Waals surface area (Å²) in [6.45, 7) is 17.0. The van der Waals surface area contributed by atoms with E-state index in [0.717, 1.165) is 32.6 Å². The van der Waals surface area contributed by atoms with Crippen LogP contribution in [0.2, 0.25) is 0 Å². The van der Waals surface area contributed by atoms with Gasteiger partial charge in [0.05, 0.1) is 13.5 Å². The van der Waals surface area contributed by atoms with Crippen LogP contribution in [0, 0.1) is 5.92 Å². The number of hydrogen-bond donors (Lipinski definition) is 0. The van der Waals surface area contributed by atoms with Crippen LogP contribution >= 0.6 is 0 Å². The molecule has 0 aliphatic carbocycles. The first kappa shape index (κ1) is 48.3. The number of piperidine rings is 1. The van der Waals surface area contributed by atoms with Gasteiger partial charge in [-0.25, -0.2) is 0 Å². The molecule has 1 aliphatic heterocycles. The van der Waals surface area contributed by atoms with Crippen molar-refractivity contribution < 1.29 is 90.0 Å². The summed E-state index contributed by atoms with van der Waals surface area (Å²) >= 11 is 0. The van der Waals surface area contributed by atoms with Crippen molar-refractivity contribution in [3.8, 4) is 0 Å². The number of carbonyl (C=O) groups is 2. The van der Waals surface area contributed by atoms with Crippen LogP contribution in [0.15, 0.2) is 60.7 Å². The normalized spacial score (nSPS) is 15.9. The fraction of sp³-hybridized carbons (Fsp3) is 0.543. The number of ether oxygens (including phenoxy) is 1. The summed E-state index contributed by atoms with van der Waals surface area (Å²) in [7, 11) is 1.44. The zero-order chi connectivity index (χ0) is 34.8. The van der Waals surface area contributed by atoms with Crippen LogP contribution in [0.1, 0.15) is 78.9 Å². The van der Waals surface area contributed by atoms with Crippen molar-refractivity contribution in [3.05, 3.63) is 71.8 Å². The number of hydrogen-bond acceptors (Lipinski definition) is 10. The first-order valence-electron chi connectivity index (χ1n) is 15.0. The minimum Gasteiger partial charge on any atom is -0.850 e. The Kier molecular flexibility index (Phi) is 30.5. The number of methoxy groups -OCH3 is 1. The Hall–Kier alpha value is -2.14. The molecule has 250 valence electrons. The van der Waals surface area contributed by atoms with Crippen molar-refractivity contribution >= 4 is 24.1 Å². The first-order chi connectivity index (χ1) is 21.2. The molecule has 0 spiro atoms. The van der Waals surface area contributed by atoms with Crippen LogP contribution in [0.3, 0.4) is 0 Å². The Morgan fingerprint density at radius 1 is 0.978 bits per heavy atom. The number of benzene rings is 2. The van der Waals surface area contributed by atoms with Gasteiger partial charge in [0.25, 0.3) is 0 Å². The number of Topliss-reactive ketones (excluding diaryl/α,β-unsaturated/α-hetero) is 1. The zero-order valence-corrected chi connectivity index (χ0v) is 32.2. The van der Waals surface area contributed by atoms with E-state index in [1.54, 1.807) is 20.8 Å². The van der Waals surface area contributed by atoms with Crippen molar-refractivity contribution in [2.75, 3.05) is 20.2 Å².